The molecule has 0 spiro atoms. The number of carbonyl (C=O) groups excluding carboxylic acids is 1. The highest BCUT2D eigenvalue weighted by Crippen LogP contribution is 2.28. The number of hydrogen-bond donors (Lipinski definition) is 1. The molecule has 1 saturated heterocycles. The van der Waals surface area contributed by atoms with Crippen LogP contribution in [0.15, 0.2) is 4.52 Å². The lowest BCUT2D eigenvalue weighted by Crippen LogP contribution is -2.56. The molecule has 1 aromatic heterocycles. The molecule has 2 heterocycles. The minimum absolute atomic E-state index is 0.132. The lowest BCUT2D eigenvalue weighted by molar-refractivity contribution is -0.138. The van der Waals surface area contributed by atoms with E-state index in [2.05, 4.69) is 15.0 Å². The molecule has 8 nitrogen and oxygen atoms in total. The summed E-state index contributed by atoms with van der Waals surface area (Å²) in [5.41, 5.74) is 5.79. The van der Waals surface area contributed by atoms with Gasteiger partial charge in [0.1, 0.15) is 6.10 Å². The van der Waals surface area contributed by atoms with Crippen molar-refractivity contribution in [2.45, 2.75) is 63.6 Å². The lowest BCUT2D eigenvalue weighted by atomic mass is 9.81. The average Bonchev–Trinajstić information content (AvgIpc) is 2.99. The summed E-state index contributed by atoms with van der Waals surface area (Å²) in [5.74, 6) is 1.29. The van der Waals surface area contributed by atoms with Crippen LogP contribution in [0.25, 0.3) is 0 Å². The van der Waals surface area contributed by atoms with Crippen molar-refractivity contribution in [3.63, 3.8) is 0 Å². The predicted molar refractivity (Wildman–Crippen MR) is 96.2 cm³/mol. The van der Waals surface area contributed by atoms with Crippen molar-refractivity contribution in [1.29, 1.82) is 0 Å². The van der Waals surface area contributed by atoms with Crippen molar-refractivity contribution < 1.29 is 14.1 Å². The summed E-state index contributed by atoms with van der Waals surface area (Å²) in [6.07, 6.45) is 5.68. The molecule has 1 aliphatic heterocycles. The van der Waals surface area contributed by atoms with Crippen LogP contribution in [-0.4, -0.2) is 64.7 Å². The van der Waals surface area contributed by atoms with Gasteiger partial charge in [-0.15, -0.1) is 0 Å². The second kappa shape index (κ2) is 8.45. The molecule has 146 valence electrons. The van der Waals surface area contributed by atoms with Crippen molar-refractivity contribution in [1.82, 2.24) is 19.9 Å². The summed E-state index contributed by atoms with van der Waals surface area (Å²) in [5, 5.41) is 3.97. The Hall–Kier alpha value is -1.51. The second-order valence-corrected chi connectivity index (χ2v) is 7.56. The normalized spacial score (nSPS) is 22.8. The Bertz CT molecular complexity index is 599. The number of carbonyl (C=O) groups is 1. The van der Waals surface area contributed by atoms with E-state index in [1.165, 1.54) is 6.42 Å². The van der Waals surface area contributed by atoms with Crippen molar-refractivity contribution in [2.24, 2.45) is 5.73 Å². The Labute approximate surface area is 155 Å². The zero-order valence-electron chi connectivity index (χ0n) is 15.9. The zero-order chi connectivity index (χ0) is 18.6. The van der Waals surface area contributed by atoms with Crippen LogP contribution in [0.1, 0.15) is 63.3 Å². The van der Waals surface area contributed by atoms with E-state index >= 15 is 0 Å². The van der Waals surface area contributed by atoms with E-state index in [-0.39, 0.29) is 12.0 Å². The highest BCUT2D eigenvalue weighted by Gasteiger charge is 2.38. The summed E-state index contributed by atoms with van der Waals surface area (Å²) in [6, 6.07) is 0. The number of hydrogen-bond acceptors (Lipinski definition) is 7. The first-order chi connectivity index (χ1) is 12.5. The highest BCUT2D eigenvalue weighted by atomic mass is 16.5. The summed E-state index contributed by atoms with van der Waals surface area (Å²) in [4.78, 5) is 21.5. The number of amides is 1. The molecule has 2 fully saturated rings. The fourth-order valence-corrected chi connectivity index (χ4v) is 3.84. The first-order valence-corrected chi connectivity index (χ1v) is 9.68. The molecule has 0 aromatic carbocycles. The van der Waals surface area contributed by atoms with Crippen LogP contribution in [0, 0.1) is 0 Å². The summed E-state index contributed by atoms with van der Waals surface area (Å²) < 4.78 is 10.5. The maximum atomic E-state index is 12.9. The van der Waals surface area contributed by atoms with Crippen molar-refractivity contribution in [3.05, 3.63) is 11.7 Å². The Balaban J connectivity index is 1.54. The fourth-order valence-electron chi connectivity index (χ4n) is 3.84. The second-order valence-electron chi connectivity index (χ2n) is 7.56. The number of nitrogens with zero attached hydrogens (tertiary/aromatic N) is 4. The smallest absolute Gasteiger partial charge is 0.242 e. The van der Waals surface area contributed by atoms with Gasteiger partial charge in [-0.2, -0.15) is 4.98 Å². The third-order valence-corrected chi connectivity index (χ3v) is 5.61. The van der Waals surface area contributed by atoms with E-state index in [4.69, 9.17) is 15.0 Å². The molecule has 2 aliphatic rings. The van der Waals surface area contributed by atoms with E-state index < -0.39 is 5.54 Å². The Morgan fingerprint density at radius 1 is 1.23 bits per heavy atom. The van der Waals surface area contributed by atoms with Crippen molar-refractivity contribution in [2.75, 3.05) is 33.3 Å². The third kappa shape index (κ3) is 4.42. The van der Waals surface area contributed by atoms with Gasteiger partial charge in [-0.3, -0.25) is 9.69 Å². The number of rotatable bonds is 5. The van der Waals surface area contributed by atoms with Gasteiger partial charge in [0, 0.05) is 33.3 Å². The topological polar surface area (TPSA) is 97.7 Å². The molecule has 2 N–H and O–H groups in total. The van der Waals surface area contributed by atoms with E-state index in [9.17, 15) is 4.79 Å². The molecule has 1 saturated carbocycles. The van der Waals surface area contributed by atoms with Crippen LogP contribution in [0.4, 0.5) is 0 Å². The Kier molecular flexibility index (Phi) is 6.26. The highest BCUT2D eigenvalue weighted by molar-refractivity contribution is 5.86. The molecule has 1 aliphatic carbocycles. The standard InChI is InChI=1S/C18H31N5O3/c1-14(25-2)16-20-15(26-21-16)13-22-9-6-10-23(12-11-22)17(24)18(19)7-4-3-5-8-18/h14H,3-13,19H2,1-2H3. The molecule has 1 unspecified atom stereocenters. The lowest BCUT2D eigenvalue weighted by Gasteiger charge is -2.36. The zero-order valence-corrected chi connectivity index (χ0v) is 15.9. The van der Waals surface area contributed by atoms with Gasteiger partial charge in [0.2, 0.25) is 11.8 Å². The van der Waals surface area contributed by atoms with Gasteiger partial charge in [0.05, 0.1) is 12.1 Å². The maximum Gasteiger partial charge on any atom is 0.242 e. The van der Waals surface area contributed by atoms with Gasteiger partial charge >= 0.3 is 0 Å². The SMILES string of the molecule is COC(C)c1noc(CN2CCCN(C(=O)C3(N)CCCCC3)CC2)n1. The van der Waals surface area contributed by atoms with Gasteiger partial charge in [-0.25, -0.2) is 0 Å². The molecule has 26 heavy (non-hydrogen) atoms. The van der Waals surface area contributed by atoms with Gasteiger partial charge in [-0.05, 0) is 26.2 Å². The molecule has 1 aromatic rings. The molecule has 0 radical (unpaired) electrons. The molecule has 1 atom stereocenters. The summed E-state index contributed by atoms with van der Waals surface area (Å²) >= 11 is 0. The van der Waals surface area contributed by atoms with E-state index in [1.807, 2.05) is 11.8 Å². The van der Waals surface area contributed by atoms with Crippen LogP contribution in [0.5, 0.6) is 0 Å². The molecular weight excluding hydrogens is 334 g/mol. The summed E-state index contributed by atoms with van der Waals surface area (Å²) in [6.45, 7) is 5.65. The first kappa shape index (κ1) is 19.3. The molecule has 0 bridgehead atoms. The Morgan fingerprint density at radius 3 is 2.73 bits per heavy atom. The molecule has 3 rings (SSSR count). The number of ether oxygens (including phenoxy) is 1. The molecule has 8 heteroatoms. The molecule has 1 amide bonds. The predicted octanol–water partition coefficient (Wildman–Crippen LogP) is 1.47. The van der Waals surface area contributed by atoms with Crippen LogP contribution in [0.3, 0.4) is 0 Å². The monoisotopic (exact) mass is 365 g/mol. The largest absolute Gasteiger partial charge is 0.374 e. The van der Waals surface area contributed by atoms with Gasteiger partial charge in [0.15, 0.2) is 5.82 Å². The van der Waals surface area contributed by atoms with Crippen LogP contribution >= 0.6 is 0 Å². The quantitative estimate of drug-likeness (QED) is 0.844. The third-order valence-electron chi connectivity index (χ3n) is 5.61. The fraction of sp³-hybridized carbons (Fsp3) is 0.833. The Morgan fingerprint density at radius 2 is 2.00 bits per heavy atom. The number of methoxy groups -OCH3 is 1. The molecular formula is C18H31N5O3. The minimum Gasteiger partial charge on any atom is -0.374 e. The number of nitrogens with two attached hydrogens (primary N) is 1. The van der Waals surface area contributed by atoms with Gasteiger partial charge in [-0.1, -0.05) is 24.4 Å². The van der Waals surface area contributed by atoms with E-state index in [0.717, 1.165) is 51.7 Å². The first-order valence-electron chi connectivity index (χ1n) is 9.68. The van der Waals surface area contributed by atoms with Crippen LogP contribution < -0.4 is 5.73 Å². The van der Waals surface area contributed by atoms with Crippen molar-refractivity contribution in [3.8, 4) is 0 Å². The van der Waals surface area contributed by atoms with Crippen LogP contribution in [0.2, 0.25) is 0 Å². The van der Waals surface area contributed by atoms with E-state index in [1.54, 1.807) is 7.11 Å². The maximum absolute atomic E-state index is 12.9. The van der Waals surface area contributed by atoms with Crippen molar-refractivity contribution >= 4 is 5.91 Å². The minimum atomic E-state index is -0.648. The van der Waals surface area contributed by atoms with Gasteiger partial charge in [0.25, 0.3) is 0 Å². The average molecular weight is 365 g/mol. The summed E-state index contributed by atoms with van der Waals surface area (Å²) in [7, 11) is 1.62. The van der Waals surface area contributed by atoms with Gasteiger partial charge < -0.3 is 19.9 Å². The van der Waals surface area contributed by atoms with Crippen LogP contribution in [-0.2, 0) is 16.1 Å². The van der Waals surface area contributed by atoms with E-state index in [0.29, 0.717) is 24.8 Å². The number of aromatic nitrogens is 2.